The third-order valence-corrected chi connectivity index (χ3v) is 3.94. The summed E-state index contributed by atoms with van der Waals surface area (Å²) in [6, 6.07) is 5.13. The third kappa shape index (κ3) is 3.19. The van der Waals surface area contributed by atoms with Crippen LogP contribution in [0.5, 0.6) is 0 Å². The van der Waals surface area contributed by atoms with E-state index in [1.807, 2.05) is 0 Å². The first-order chi connectivity index (χ1) is 11.5. The second-order valence-electron chi connectivity index (χ2n) is 4.84. The molecule has 1 saturated heterocycles. The van der Waals surface area contributed by atoms with E-state index in [0.29, 0.717) is 16.5 Å². The van der Waals surface area contributed by atoms with Crippen LogP contribution in [0.4, 0.5) is 0 Å². The van der Waals surface area contributed by atoms with Crippen LogP contribution < -0.4 is 16.1 Å². The minimum absolute atomic E-state index is 0.0353. The molecule has 0 radical (unpaired) electrons. The van der Waals surface area contributed by atoms with Crippen LogP contribution >= 0.6 is 28.1 Å². The number of benzene rings is 1. The Balaban J connectivity index is 1.94. The summed E-state index contributed by atoms with van der Waals surface area (Å²) >= 11 is 8.01. The molecule has 1 fully saturated rings. The average molecular weight is 405 g/mol. The van der Waals surface area contributed by atoms with E-state index in [-0.39, 0.29) is 16.1 Å². The molecule has 0 atom stereocenters. The number of halogens is 1. The zero-order valence-corrected chi connectivity index (χ0v) is 14.4. The van der Waals surface area contributed by atoms with Crippen molar-refractivity contribution in [3.63, 3.8) is 0 Å². The van der Waals surface area contributed by atoms with Crippen LogP contribution in [0.2, 0.25) is 0 Å². The van der Waals surface area contributed by atoms with Crippen molar-refractivity contribution in [1.29, 1.82) is 0 Å². The predicted molar refractivity (Wildman–Crippen MR) is 96.2 cm³/mol. The van der Waals surface area contributed by atoms with Crippen molar-refractivity contribution in [3.05, 3.63) is 62.4 Å². The van der Waals surface area contributed by atoms with Crippen molar-refractivity contribution in [2.24, 2.45) is 0 Å². The number of allylic oxidation sites excluding steroid dienone is 2. The predicted octanol–water partition coefficient (Wildman–Crippen LogP) is 2.03. The molecule has 0 bridgehead atoms. The van der Waals surface area contributed by atoms with Gasteiger partial charge in [-0.25, -0.2) is 0 Å². The van der Waals surface area contributed by atoms with Crippen LogP contribution in [-0.4, -0.2) is 16.9 Å². The standard InChI is InChI=1S/C16H9BrN2O4S/c17-9-4-5-12-11(6-9)13(20)8(7-23-12)2-1-3-10-14(21)18-16(24)19-15(10)22/h1-7H,(H2,18,19,21,22,24)/b2-1+. The SMILES string of the molecule is O=C1NC(=S)NC(=O)C1=C/C=C/c1coc2ccc(Br)cc2c1=O. The molecule has 1 aromatic carbocycles. The molecule has 8 heteroatoms. The number of hydrogen-bond acceptors (Lipinski definition) is 5. The molecule has 6 nitrogen and oxygen atoms in total. The molecule has 2 N–H and O–H groups in total. The van der Waals surface area contributed by atoms with Crippen molar-refractivity contribution in [1.82, 2.24) is 10.6 Å². The molecular formula is C16H9BrN2O4S. The zero-order chi connectivity index (χ0) is 17.3. The van der Waals surface area contributed by atoms with Gasteiger partial charge in [-0.05, 0) is 42.6 Å². The summed E-state index contributed by atoms with van der Waals surface area (Å²) in [5.74, 6) is -1.19. The maximum Gasteiger partial charge on any atom is 0.263 e. The number of carbonyl (C=O) groups excluding carboxylic acids is 2. The van der Waals surface area contributed by atoms with Gasteiger partial charge in [-0.15, -0.1) is 0 Å². The molecule has 1 aromatic heterocycles. The Morgan fingerprint density at radius 3 is 2.54 bits per heavy atom. The lowest BCUT2D eigenvalue weighted by atomic mass is 10.1. The fourth-order valence-electron chi connectivity index (χ4n) is 2.11. The first kappa shape index (κ1) is 16.3. The normalized spacial score (nSPS) is 14.9. The van der Waals surface area contributed by atoms with Crippen molar-refractivity contribution >= 4 is 62.1 Å². The van der Waals surface area contributed by atoms with Gasteiger partial charge >= 0.3 is 0 Å². The lowest BCUT2D eigenvalue weighted by Crippen LogP contribution is -2.51. The molecule has 2 aromatic rings. The van der Waals surface area contributed by atoms with Crippen molar-refractivity contribution in [3.8, 4) is 0 Å². The summed E-state index contributed by atoms with van der Waals surface area (Å²) in [6.45, 7) is 0. The molecule has 2 heterocycles. The van der Waals surface area contributed by atoms with Crippen molar-refractivity contribution in [2.75, 3.05) is 0 Å². The second-order valence-corrected chi connectivity index (χ2v) is 6.16. The van der Waals surface area contributed by atoms with E-state index in [4.69, 9.17) is 16.6 Å². The number of nitrogens with one attached hydrogen (secondary N) is 2. The Hall–Kier alpha value is -2.58. The largest absolute Gasteiger partial charge is 0.463 e. The van der Waals surface area contributed by atoms with Crippen LogP contribution in [0.15, 0.2) is 55.9 Å². The summed E-state index contributed by atoms with van der Waals surface area (Å²) in [6.07, 6.45) is 5.52. The zero-order valence-electron chi connectivity index (χ0n) is 12.0. The van der Waals surface area contributed by atoms with Gasteiger partial charge in [-0.3, -0.25) is 25.0 Å². The molecule has 2 amide bonds. The number of fused-ring (bicyclic) bond motifs is 1. The van der Waals surface area contributed by atoms with E-state index >= 15 is 0 Å². The van der Waals surface area contributed by atoms with Gasteiger partial charge in [0, 0.05) is 4.47 Å². The van der Waals surface area contributed by atoms with Crippen molar-refractivity contribution < 1.29 is 14.0 Å². The first-order valence-corrected chi connectivity index (χ1v) is 7.92. The molecule has 0 aliphatic carbocycles. The maximum absolute atomic E-state index is 12.4. The Kier molecular flexibility index (Phi) is 4.41. The Bertz CT molecular complexity index is 985. The van der Waals surface area contributed by atoms with Gasteiger partial charge in [0.25, 0.3) is 11.8 Å². The summed E-state index contributed by atoms with van der Waals surface area (Å²) in [4.78, 5) is 35.8. The minimum atomic E-state index is -0.595. The van der Waals surface area contributed by atoms with Crippen LogP contribution in [-0.2, 0) is 9.59 Å². The highest BCUT2D eigenvalue weighted by Gasteiger charge is 2.24. The van der Waals surface area contributed by atoms with Crippen LogP contribution in [0.3, 0.4) is 0 Å². The Labute approximate surface area is 149 Å². The summed E-state index contributed by atoms with van der Waals surface area (Å²) in [5.41, 5.74) is 0.446. The highest BCUT2D eigenvalue weighted by molar-refractivity contribution is 9.10. The van der Waals surface area contributed by atoms with E-state index in [1.54, 1.807) is 18.2 Å². The molecule has 24 heavy (non-hydrogen) atoms. The lowest BCUT2D eigenvalue weighted by molar-refractivity contribution is -0.123. The molecule has 0 unspecified atom stereocenters. The molecule has 120 valence electrons. The van der Waals surface area contributed by atoms with E-state index in [0.717, 1.165) is 4.47 Å². The first-order valence-electron chi connectivity index (χ1n) is 6.72. The molecule has 0 saturated carbocycles. The highest BCUT2D eigenvalue weighted by Crippen LogP contribution is 2.18. The number of hydrogen-bond donors (Lipinski definition) is 2. The summed E-state index contributed by atoms with van der Waals surface area (Å²) in [7, 11) is 0. The fraction of sp³-hybridized carbons (Fsp3) is 0. The van der Waals surface area contributed by atoms with E-state index in [1.165, 1.54) is 24.5 Å². The monoisotopic (exact) mass is 404 g/mol. The van der Waals surface area contributed by atoms with E-state index < -0.39 is 11.8 Å². The molecule has 0 spiro atoms. The average Bonchev–Trinajstić information content (AvgIpc) is 2.52. The molecule has 1 aliphatic rings. The number of amides is 2. The third-order valence-electron chi connectivity index (χ3n) is 3.24. The number of rotatable bonds is 2. The smallest absolute Gasteiger partial charge is 0.263 e. The van der Waals surface area contributed by atoms with Gasteiger partial charge in [-0.2, -0.15) is 0 Å². The summed E-state index contributed by atoms with van der Waals surface area (Å²) < 4.78 is 6.17. The molecular weight excluding hydrogens is 396 g/mol. The lowest BCUT2D eigenvalue weighted by Gasteiger charge is -2.15. The van der Waals surface area contributed by atoms with Gasteiger partial charge in [0.05, 0.1) is 10.9 Å². The quantitative estimate of drug-likeness (QED) is 0.454. The van der Waals surface area contributed by atoms with E-state index in [2.05, 4.69) is 26.6 Å². The van der Waals surface area contributed by atoms with Crippen LogP contribution in [0, 0.1) is 0 Å². The van der Waals surface area contributed by atoms with Gasteiger partial charge in [0.15, 0.2) is 10.5 Å². The van der Waals surface area contributed by atoms with Crippen molar-refractivity contribution in [2.45, 2.75) is 0 Å². The second kappa shape index (κ2) is 6.50. The Morgan fingerprint density at radius 2 is 1.83 bits per heavy atom. The van der Waals surface area contributed by atoms with Gasteiger partial charge in [0.2, 0.25) is 0 Å². The van der Waals surface area contributed by atoms with Crippen LogP contribution in [0.1, 0.15) is 5.56 Å². The topological polar surface area (TPSA) is 88.4 Å². The van der Waals surface area contributed by atoms with Gasteiger partial charge in [0.1, 0.15) is 17.4 Å². The maximum atomic E-state index is 12.4. The van der Waals surface area contributed by atoms with Crippen LogP contribution in [0.25, 0.3) is 17.0 Å². The van der Waals surface area contributed by atoms with Gasteiger partial charge in [-0.1, -0.05) is 22.0 Å². The highest BCUT2D eigenvalue weighted by atomic mass is 79.9. The Morgan fingerprint density at radius 1 is 1.12 bits per heavy atom. The summed E-state index contributed by atoms with van der Waals surface area (Å²) in [5, 5.41) is 5.04. The number of thiocarbonyl (C=S) groups is 1. The van der Waals surface area contributed by atoms with E-state index in [9.17, 15) is 14.4 Å². The van der Waals surface area contributed by atoms with Gasteiger partial charge < -0.3 is 4.42 Å². The minimum Gasteiger partial charge on any atom is -0.463 e. The number of carbonyl (C=O) groups is 2. The fourth-order valence-corrected chi connectivity index (χ4v) is 2.65. The molecule has 1 aliphatic heterocycles. The molecule has 3 rings (SSSR count).